The van der Waals surface area contributed by atoms with Crippen molar-refractivity contribution in [2.24, 2.45) is 0 Å². The van der Waals surface area contributed by atoms with Gasteiger partial charge in [-0.25, -0.2) is 0 Å². The highest BCUT2D eigenvalue weighted by atomic mass is 35.5. The van der Waals surface area contributed by atoms with E-state index in [0.29, 0.717) is 5.65 Å². The number of nitrogens with one attached hydrogen (secondary N) is 1. The molecule has 2 heterocycles. The van der Waals surface area contributed by atoms with Crippen LogP contribution in [0.1, 0.15) is 19.3 Å². The molecule has 18 heavy (non-hydrogen) atoms. The van der Waals surface area contributed by atoms with Gasteiger partial charge in [-0.2, -0.15) is 15.1 Å². The molecule has 0 fully saturated rings. The summed E-state index contributed by atoms with van der Waals surface area (Å²) in [6.45, 7) is 1.10. The van der Waals surface area contributed by atoms with E-state index >= 15 is 0 Å². The van der Waals surface area contributed by atoms with Gasteiger partial charge in [0.05, 0.1) is 11.6 Å². The maximum absolute atomic E-state index is 8.73. The van der Waals surface area contributed by atoms with Gasteiger partial charge in [0.2, 0.25) is 5.28 Å². The molecule has 0 spiro atoms. The predicted molar refractivity (Wildman–Crippen MR) is 70.9 cm³/mol. The fourth-order valence-electron chi connectivity index (χ4n) is 1.83. The molecule has 2 aromatic heterocycles. The number of unbranched alkanes of at least 4 members (excludes halogenated alkanes) is 2. The molecule has 98 valence electrons. The van der Waals surface area contributed by atoms with Crippen LogP contribution in [0.5, 0.6) is 0 Å². The Bertz CT molecular complexity index is 515. The van der Waals surface area contributed by atoms with Crippen molar-refractivity contribution in [2.75, 3.05) is 25.1 Å². The third kappa shape index (κ3) is 2.88. The fraction of sp³-hybridized carbons (Fsp3) is 0.545. The Labute approximate surface area is 110 Å². The van der Waals surface area contributed by atoms with E-state index < -0.39 is 0 Å². The number of hydrogen-bond acceptors (Lipinski definition) is 5. The van der Waals surface area contributed by atoms with Gasteiger partial charge in [-0.3, -0.25) is 5.10 Å². The molecule has 0 saturated heterocycles. The average molecular weight is 270 g/mol. The number of rotatable bonds is 6. The lowest BCUT2D eigenvalue weighted by molar-refractivity contribution is 0.283. The van der Waals surface area contributed by atoms with E-state index in [4.69, 9.17) is 16.7 Å². The van der Waals surface area contributed by atoms with Crippen LogP contribution in [0.25, 0.3) is 11.0 Å². The Morgan fingerprint density at radius 1 is 1.33 bits per heavy atom. The third-order valence-corrected chi connectivity index (χ3v) is 2.94. The minimum absolute atomic E-state index is 0.212. The quantitative estimate of drug-likeness (QED) is 0.615. The van der Waals surface area contributed by atoms with Crippen LogP contribution in [0, 0.1) is 0 Å². The van der Waals surface area contributed by atoms with Gasteiger partial charge in [0.25, 0.3) is 0 Å². The molecule has 0 atom stereocenters. The molecule has 0 amide bonds. The fourth-order valence-corrected chi connectivity index (χ4v) is 1.99. The Morgan fingerprint density at radius 3 is 2.94 bits per heavy atom. The number of H-pyrrole nitrogens is 1. The Morgan fingerprint density at radius 2 is 2.17 bits per heavy atom. The van der Waals surface area contributed by atoms with Crippen molar-refractivity contribution < 1.29 is 5.11 Å². The van der Waals surface area contributed by atoms with Crippen molar-refractivity contribution >= 4 is 28.5 Å². The van der Waals surface area contributed by atoms with Crippen LogP contribution in [-0.4, -0.2) is 45.5 Å². The van der Waals surface area contributed by atoms with E-state index in [2.05, 4.69) is 20.2 Å². The topological polar surface area (TPSA) is 77.9 Å². The van der Waals surface area contributed by atoms with Gasteiger partial charge < -0.3 is 10.0 Å². The summed E-state index contributed by atoms with van der Waals surface area (Å²) in [7, 11) is 1.96. The standard InChI is InChI=1S/C11H16ClN5O/c1-17(5-3-2-4-6-18)10-8-7-13-16-9(8)14-11(12)15-10/h7,18H,2-6H2,1H3,(H,13,14,15,16). The highest BCUT2D eigenvalue weighted by Gasteiger charge is 2.11. The molecule has 2 rings (SSSR count). The molecule has 7 heteroatoms. The zero-order valence-electron chi connectivity index (χ0n) is 10.2. The maximum atomic E-state index is 8.73. The first kappa shape index (κ1) is 13.0. The third-order valence-electron chi connectivity index (χ3n) is 2.78. The second-order valence-electron chi connectivity index (χ2n) is 4.15. The van der Waals surface area contributed by atoms with Gasteiger partial charge in [-0.05, 0) is 30.9 Å². The summed E-state index contributed by atoms with van der Waals surface area (Å²) in [6, 6.07) is 0. The molecule has 2 N–H and O–H groups in total. The summed E-state index contributed by atoms with van der Waals surface area (Å²) in [5, 5.41) is 16.5. The minimum Gasteiger partial charge on any atom is -0.396 e. The van der Waals surface area contributed by atoms with E-state index in [1.54, 1.807) is 6.20 Å². The summed E-state index contributed by atoms with van der Waals surface area (Å²) < 4.78 is 0. The summed E-state index contributed by atoms with van der Waals surface area (Å²) in [4.78, 5) is 10.3. The molecule has 6 nitrogen and oxygen atoms in total. The van der Waals surface area contributed by atoms with Crippen LogP contribution >= 0.6 is 11.6 Å². The number of aromatic nitrogens is 4. The van der Waals surface area contributed by atoms with Crippen LogP contribution in [0.2, 0.25) is 5.28 Å². The number of aromatic amines is 1. The summed E-state index contributed by atoms with van der Waals surface area (Å²) in [5.41, 5.74) is 0.646. The molecule has 0 unspecified atom stereocenters. The molecular formula is C11H16ClN5O. The van der Waals surface area contributed by atoms with Crippen LogP contribution in [-0.2, 0) is 0 Å². The zero-order valence-corrected chi connectivity index (χ0v) is 11.0. The Kier molecular flexibility index (Phi) is 4.33. The number of nitrogens with zero attached hydrogens (tertiary/aromatic N) is 4. The molecule has 0 aliphatic carbocycles. The monoisotopic (exact) mass is 269 g/mol. The van der Waals surface area contributed by atoms with E-state index in [1.165, 1.54) is 0 Å². The zero-order chi connectivity index (χ0) is 13.0. The number of aliphatic hydroxyl groups is 1. The van der Waals surface area contributed by atoms with Crippen molar-refractivity contribution in [2.45, 2.75) is 19.3 Å². The number of aliphatic hydroxyl groups excluding tert-OH is 1. The number of fused-ring (bicyclic) bond motifs is 1. The normalized spacial score (nSPS) is 11.1. The summed E-state index contributed by atoms with van der Waals surface area (Å²) in [5.74, 6) is 0.780. The van der Waals surface area contributed by atoms with Gasteiger partial charge in [0.1, 0.15) is 5.82 Å². The second-order valence-corrected chi connectivity index (χ2v) is 4.49. The van der Waals surface area contributed by atoms with Gasteiger partial charge in [0.15, 0.2) is 5.65 Å². The molecular weight excluding hydrogens is 254 g/mol. The lowest BCUT2D eigenvalue weighted by atomic mass is 10.2. The van der Waals surface area contributed by atoms with E-state index in [-0.39, 0.29) is 11.9 Å². The maximum Gasteiger partial charge on any atom is 0.226 e. The number of anilines is 1. The van der Waals surface area contributed by atoms with Crippen molar-refractivity contribution in [1.29, 1.82) is 0 Å². The molecule has 0 aromatic carbocycles. The Hall–Kier alpha value is -1.40. The number of halogens is 1. The first-order valence-electron chi connectivity index (χ1n) is 5.91. The highest BCUT2D eigenvalue weighted by Crippen LogP contribution is 2.23. The molecule has 0 aliphatic rings. The SMILES string of the molecule is CN(CCCCCO)c1nc(Cl)nc2[nH]ncc12. The van der Waals surface area contributed by atoms with Gasteiger partial charge in [-0.1, -0.05) is 0 Å². The minimum atomic E-state index is 0.212. The molecule has 0 bridgehead atoms. The average Bonchev–Trinajstić information content (AvgIpc) is 2.81. The number of hydrogen-bond donors (Lipinski definition) is 2. The smallest absolute Gasteiger partial charge is 0.226 e. The van der Waals surface area contributed by atoms with Crippen molar-refractivity contribution in [3.63, 3.8) is 0 Å². The summed E-state index contributed by atoms with van der Waals surface area (Å²) in [6.07, 6.45) is 4.52. The Balaban J connectivity index is 2.11. The first-order chi connectivity index (χ1) is 8.72. The lowest BCUT2D eigenvalue weighted by Gasteiger charge is -2.18. The van der Waals surface area contributed by atoms with Gasteiger partial charge >= 0.3 is 0 Å². The molecule has 0 saturated carbocycles. The second kappa shape index (κ2) is 5.97. The van der Waals surface area contributed by atoms with Crippen LogP contribution in [0.15, 0.2) is 6.20 Å². The molecule has 0 radical (unpaired) electrons. The van der Waals surface area contributed by atoms with E-state index in [1.807, 2.05) is 11.9 Å². The summed E-state index contributed by atoms with van der Waals surface area (Å²) >= 11 is 5.88. The highest BCUT2D eigenvalue weighted by molar-refractivity contribution is 6.28. The molecule has 0 aliphatic heterocycles. The van der Waals surface area contributed by atoms with Crippen LogP contribution in [0.4, 0.5) is 5.82 Å². The first-order valence-corrected chi connectivity index (χ1v) is 6.29. The van der Waals surface area contributed by atoms with Gasteiger partial charge in [-0.15, -0.1) is 0 Å². The largest absolute Gasteiger partial charge is 0.396 e. The van der Waals surface area contributed by atoms with Crippen LogP contribution in [0.3, 0.4) is 0 Å². The molecule has 2 aromatic rings. The predicted octanol–water partition coefficient (Wildman–Crippen LogP) is 1.61. The lowest BCUT2D eigenvalue weighted by Crippen LogP contribution is -2.20. The van der Waals surface area contributed by atoms with E-state index in [9.17, 15) is 0 Å². The van der Waals surface area contributed by atoms with Gasteiger partial charge in [0, 0.05) is 20.2 Å². The van der Waals surface area contributed by atoms with Crippen LogP contribution < -0.4 is 4.90 Å². The van der Waals surface area contributed by atoms with Crippen molar-refractivity contribution in [3.05, 3.63) is 11.5 Å². The van der Waals surface area contributed by atoms with Crippen molar-refractivity contribution in [3.8, 4) is 0 Å². The van der Waals surface area contributed by atoms with Crippen molar-refractivity contribution in [1.82, 2.24) is 20.2 Å². The van der Waals surface area contributed by atoms with E-state index in [0.717, 1.165) is 37.0 Å².